The Labute approximate surface area is 167 Å². The van der Waals surface area contributed by atoms with Crippen molar-refractivity contribution in [2.24, 2.45) is 0 Å². The molecule has 0 bridgehead atoms. The van der Waals surface area contributed by atoms with E-state index in [9.17, 15) is 9.90 Å². The zero-order valence-corrected chi connectivity index (χ0v) is 16.5. The molecule has 28 heavy (non-hydrogen) atoms. The van der Waals surface area contributed by atoms with Crippen molar-refractivity contribution in [3.8, 4) is 5.75 Å². The molecule has 2 aromatic carbocycles. The molecule has 0 radical (unpaired) electrons. The van der Waals surface area contributed by atoms with E-state index in [4.69, 9.17) is 0 Å². The molecule has 0 spiro atoms. The van der Waals surface area contributed by atoms with Gasteiger partial charge in [0, 0.05) is 31.9 Å². The van der Waals surface area contributed by atoms with Gasteiger partial charge in [-0.25, -0.2) is 0 Å². The molecule has 1 amide bonds. The number of aryl methyl sites for hydroxylation is 1. The number of hydrogen-bond donors (Lipinski definition) is 2. The second kappa shape index (κ2) is 8.23. The topological polar surface area (TPSA) is 55.8 Å². The van der Waals surface area contributed by atoms with Crippen molar-refractivity contribution in [2.75, 3.05) is 31.1 Å². The number of rotatable bonds is 4. The van der Waals surface area contributed by atoms with E-state index in [1.54, 1.807) is 12.1 Å². The largest absolute Gasteiger partial charge is 0.508 e. The van der Waals surface area contributed by atoms with E-state index in [1.165, 1.54) is 11.1 Å². The first-order valence-corrected chi connectivity index (χ1v) is 10.3. The Balaban J connectivity index is 1.33. The van der Waals surface area contributed by atoms with E-state index in [1.807, 2.05) is 19.1 Å². The minimum absolute atomic E-state index is 0.125. The standard InChI is InChI=1S/C23H29N3O2/c1-17(23(28)24-22-8-4-6-18-5-2-3-7-21(18)22)25-13-15-26(16-14-25)19-9-11-20(27)12-10-19/h2-3,5,7,9-12,17,22,27H,4,6,8,13-16H2,1H3,(H,24,28)/t17-,22-/m0/s1. The molecule has 1 saturated heterocycles. The fourth-order valence-corrected chi connectivity index (χ4v) is 4.39. The van der Waals surface area contributed by atoms with Crippen LogP contribution >= 0.6 is 0 Å². The molecule has 0 aromatic heterocycles. The lowest BCUT2D eigenvalue weighted by atomic mass is 9.87. The number of piperazine rings is 1. The molecular formula is C23H29N3O2. The van der Waals surface area contributed by atoms with Gasteiger partial charge in [-0.2, -0.15) is 0 Å². The Bertz CT molecular complexity index is 813. The van der Waals surface area contributed by atoms with Crippen LogP contribution < -0.4 is 10.2 Å². The quantitative estimate of drug-likeness (QED) is 0.857. The van der Waals surface area contributed by atoms with Gasteiger partial charge in [0.2, 0.25) is 5.91 Å². The van der Waals surface area contributed by atoms with E-state index in [-0.39, 0.29) is 23.7 Å². The molecule has 1 aliphatic heterocycles. The van der Waals surface area contributed by atoms with Gasteiger partial charge in [0.1, 0.15) is 5.75 Å². The summed E-state index contributed by atoms with van der Waals surface area (Å²) in [6.45, 7) is 5.50. The molecule has 1 fully saturated rings. The van der Waals surface area contributed by atoms with Crippen molar-refractivity contribution in [3.63, 3.8) is 0 Å². The predicted octanol–water partition coefficient (Wildman–Crippen LogP) is 3.10. The first-order chi connectivity index (χ1) is 13.6. The molecule has 2 atom stereocenters. The minimum atomic E-state index is -0.129. The van der Waals surface area contributed by atoms with Crippen molar-refractivity contribution in [2.45, 2.75) is 38.3 Å². The van der Waals surface area contributed by atoms with Crippen molar-refractivity contribution in [3.05, 3.63) is 59.7 Å². The normalized spacial score (nSPS) is 21.0. The molecule has 0 unspecified atom stereocenters. The van der Waals surface area contributed by atoms with Crippen LogP contribution in [0.1, 0.15) is 36.9 Å². The average Bonchev–Trinajstić information content (AvgIpc) is 2.74. The third kappa shape index (κ3) is 3.99. The summed E-state index contributed by atoms with van der Waals surface area (Å²) in [6, 6.07) is 15.8. The summed E-state index contributed by atoms with van der Waals surface area (Å²) in [5, 5.41) is 12.8. The van der Waals surface area contributed by atoms with Crippen molar-refractivity contribution in [1.82, 2.24) is 10.2 Å². The molecule has 5 heteroatoms. The number of hydrogen-bond acceptors (Lipinski definition) is 4. The summed E-state index contributed by atoms with van der Waals surface area (Å²) in [5.74, 6) is 0.414. The number of aromatic hydroxyl groups is 1. The molecule has 1 aliphatic carbocycles. The lowest BCUT2D eigenvalue weighted by molar-refractivity contribution is -0.126. The van der Waals surface area contributed by atoms with Gasteiger partial charge in [-0.05, 0) is 61.6 Å². The van der Waals surface area contributed by atoms with Gasteiger partial charge < -0.3 is 15.3 Å². The molecule has 0 saturated carbocycles. The van der Waals surface area contributed by atoms with Gasteiger partial charge in [-0.15, -0.1) is 0 Å². The van der Waals surface area contributed by atoms with Crippen LogP contribution in [0.5, 0.6) is 5.75 Å². The van der Waals surface area contributed by atoms with E-state index in [0.29, 0.717) is 0 Å². The van der Waals surface area contributed by atoms with Gasteiger partial charge in [-0.1, -0.05) is 24.3 Å². The second-order valence-electron chi connectivity index (χ2n) is 7.87. The number of carbonyl (C=O) groups excluding carboxylic acids is 1. The number of fused-ring (bicyclic) bond motifs is 1. The summed E-state index contributed by atoms with van der Waals surface area (Å²) in [6.07, 6.45) is 3.25. The van der Waals surface area contributed by atoms with Crippen molar-refractivity contribution in [1.29, 1.82) is 0 Å². The summed E-state index contributed by atoms with van der Waals surface area (Å²) in [5.41, 5.74) is 3.77. The Morgan fingerprint density at radius 3 is 2.54 bits per heavy atom. The Hall–Kier alpha value is -2.53. The fourth-order valence-electron chi connectivity index (χ4n) is 4.39. The molecular weight excluding hydrogens is 350 g/mol. The number of amides is 1. The number of benzene rings is 2. The maximum Gasteiger partial charge on any atom is 0.237 e. The Morgan fingerprint density at radius 2 is 1.79 bits per heavy atom. The molecule has 148 valence electrons. The number of phenols is 1. The van der Waals surface area contributed by atoms with E-state index in [0.717, 1.165) is 51.1 Å². The number of nitrogens with zero attached hydrogens (tertiary/aromatic N) is 2. The Kier molecular flexibility index (Phi) is 5.53. The van der Waals surface area contributed by atoms with Crippen LogP contribution in [-0.4, -0.2) is 48.1 Å². The highest BCUT2D eigenvalue weighted by Crippen LogP contribution is 2.29. The zero-order chi connectivity index (χ0) is 19.5. The van der Waals surface area contributed by atoms with Crippen molar-refractivity contribution >= 4 is 11.6 Å². The van der Waals surface area contributed by atoms with Crippen LogP contribution in [0.15, 0.2) is 48.5 Å². The summed E-state index contributed by atoms with van der Waals surface area (Å²) in [4.78, 5) is 17.5. The summed E-state index contributed by atoms with van der Waals surface area (Å²) in [7, 11) is 0. The monoisotopic (exact) mass is 379 g/mol. The average molecular weight is 380 g/mol. The summed E-state index contributed by atoms with van der Waals surface area (Å²) >= 11 is 0. The predicted molar refractivity (Wildman–Crippen MR) is 112 cm³/mol. The van der Waals surface area contributed by atoms with Crippen molar-refractivity contribution < 1.29 is 9.90 Å². The first kappa shape index (κ1) is 18.8. The van der Waals surface area contributed by atoms with Crippen LogP contribution in [0, 0.1) is 0 Å². The van der Waals surface area contributed by atoms with Gasteiger partial charge in [0.15, 0.2) is 0 Å². The van der Waals surface area contributed by atoms with Crippen LogP contribution in [0.2, 0.25) is 0 Å². The molecule has 2 aromatic rings. The lowest BCUT2D eigenvalue weighted by Gasteiger charge is -2.39. The number of phenolic OH excluding ortho intramolecular Hbond substituents is 1. The number of anilines is 1. The SMILES string of the molecule is C[C@@H](C(=O)N[C@H]1CCCc2ccccc21)N1CCN(c2ccc(O)cc2)CC1. The molecule has 1 heterocycles. The highest BCUT2D eigenvalue weighted by Gasteiger charge is 2.28. The minimum Gasteiger partial charge on any atom is -0.508 e. The number of carbonyl (C=O) groups is 1. The third-order valence-electron chi connectivity index (χ3n) is 6.14. The van der Waals surface area contributed by atoms with Gasteiger partial charge >= 0.3 is 0 Å². The van der Waals surface area contributed by atoms with Crippen LogP contribution in [0.3, 0.4) is 0 Å². The highest BCUT2D eigenvalue weighted by atomic mass is 16.3. The molecule has 4 rings (SSSR count). The van der Waals surface area contributed by atoms with E-state index in [2.05, 4.69) is 39.4 Å². The van der Waals surface area contributed by atoms with E-state index >= 15 is 0 Å². The molecule has 2 N–H and O–H groups in total. The van der Waals surface area contributed by atoms with Crippen LogP contribution in [-0.2, 0) is 11.2 Å². The summed E-state index contributed by atoms with van der Waals surface area (Å²) < 4.78 is 0. The lowest BCUT2D eigenvalue weighted by Crippen LogP contribution is -2.54. The maximum absolute atomic E-state index is 12.9. The third-order valence-corrected chi connectivity index (χ3v) is 6.14. The number of nitrogens with one attached hydrogen (secondary N) is 1. The highest BCUT2D eigenvalue weighted by molar-refractivity contribution is 5.82. The van der Waals surface area contributed by atoms with Crippen LogP contribution in [0.4, 0.5) is 5.69 Å². The van der Waals surface area contributed by atoms with Gasteiger partial charge in [-0.3, -0.25) is 9.69 Å². The molecule has 2 aliphatic rings. The molecule has 5 nitrogen and oxygen atoms in total. The van der Waals surface area contributed by atoms with Gasteiger partial charge in [0.05, 0.1) is 12.1 Å². The fraction of sp³-hybridized carbons (Fsp3) is 0.435. The Morgan fingerprint density at radius 1 is 1.07 bits per heavy atom. The van der Waals surface area contributed by atoms with Crippen LogP contribution in [0.25, 0.3) is 0 Å². The second-order valence-corrected chi connectivity index (χ2v) is 7.87. The zero-order valence-electron chi connectivity index (χ0n) is 16.5. The first-order valence-electron chi connectivity index (χ1n) is 10.3. The maximum atomic E-state index is 12.9. The van der Waals surface area contributed by atoms with Gasteiger partial charge in [0.25, 0.3) is 0 Å². The smallest absolute Gasteiger partial charge is 0.237 e. The van der Waals surface area contributed by atoms with E-state index < -0.39 is 0 Å².